The summed E-state index contributed by atoms with van der Waals surface area (Å²) in [6.45, 7) is 9.03. The molecule has 0 heterocycles. The second kappa shape index (κ2) is 8.47. The molecule has 2 aromatic carbocycles. The summed E-state index contributed by atoms with van der Waals surface area (Å²) in [6.07, 6.45) is 1.42. The zero-order valence-electron chi connectivity index (χ0n) is 14.5. The maximum Gasteiger partial charge on any atom is 0.121 e. The maximum absolute atomic E-state index is 5.86. The van der Waals surface area contributed by atoms with E-state index in [0.29, 0.717) is 0 Å². The van der Waals surface area contributed by atoms with Crippen LogP contribution < -0.4 is 14.8 Å². The monoisotopic (exact) mass is 313 g/mol. The van der Waals surface area contributed by atoms with E-state index in [1.807, 2.05) is 44.2 Å². The number of nitrogens with one attached hydrogen (secondary N) is 1. The van der Waals surface area contributed by atoms with Gasteiger partial charge in [-0.15, -0.1) is 0 Å². The number of ether oxygens (including phenoxy) is 2. The van der Waals surface area contributed by atoms with Crippen molar-refractivity contribution >= 4 is 5.69 Å². The number of anilines is 1. The first kappa shape index (κ1) is 17.2. The molecule has 0 radical (unpaired) electrons. The molecular weight excluding hydrogens is 286 g/mol. The molecule has 0 saturated heterocycles. The zero-order chi connectivity index (χ0) is 16.7. The van der Waals surface area contributed by atoms with E-state index in [1.54, 1.807) is 0 Å². The lowest BCUT2D eigenvalue weighted by atomic mass is 10.2. The van der Waals surface area contributed by atoms with Gasteiger partial charge in [0, 0.05) is 18.3 Å². The van der Waals surface area contributed by atoms with E-state index < -0.39 is 0 Å². The molecule has 0 spiro atoms. The van der Waals surface area contributed by atoms with Gasteiger partial charge in [-0.25, -0.2) is 0 Å². The van der Waals surface area contributed by atoms with Crippen molar-refractivity contribution in [3.8, 4) is 11.5 Å². The van der Waals surface area contributed by atoms with Gasteiger partial charge in [0.1, 0.15) is 11.5 Å². The summed E-state index contributed by atoms with van der Waals surface area (Å²) in [4.78, 5) is 0. The number of benzene rings is 2. The van der Waals surface area contributed by atoms with Crippen LogP contribution in [0, 0.1) is 0 Å². The van der Waals surface area contributed by atoms with Gasteiger partial charge >= 0.3 is 0 Å². The van der Waals surface area contributed by atoms with Crippen LogP contribution in [0.15, 0.2) is 48.5 Å². The summed E-state index contributed by atoms with van der Waals surface area (Å²) < 4.78 is 11.6. The van der Waals surface area contributed by atoms with Crippen molar-refractivity contribution in [3.05, 3.63) is 54.1 Å². The predicted molar refractivity (Wildman–Crippen MR) is 96.4 cm³/mol. The van der Waals surface area contributed by atoms with E-state index in [9.17, 15) is 0 Å². The fourth-order valence-electron chi connectivity index (χ4n) is 2.20. The van der Waals surface area contributed by atoms with Gasteiger partial charge in [-0.05, 0) is 57.0 Å². The lowest BCUT2D eigenvalue weighted by Gasteiger charge is -2.14. The van der Waals surface area contributed by atoms with Crippen molar-refractivity contribution in [1.29, 1.82) is 0 Å². The molecule has 0 aliphatic carbocycles. The quantitative estimate of drug-likeness (QED) is 0.720. The van der Waals surface area contributed by atoms with E-state index >= 15 is 0 Å². The van der Waals surface area contributed by atoms with Crippen molar-refractivity contribution in [2.45, 2.75) is 52.9 Å². The van der Waals surface area contributed by atoms with Gasteiger partial charge in [0.05, 0.1) is 12.2 Å². The first-order chi connectivity index (χ1) is 11.1. The third kappa shape index (κ3) is 5.85. The molecule has 2 aromatic rings. The molecule has 124 valence electrons. The van der Waals surface area contributed by atoms with Crippen molar-refractivity contribution < 1.29 is 9.47 Å². The summed E-state index contributed by atoms with van der Waals surface area (Å²) in [5.41, 5.74) is 2.25. The Morgan fingerprint density at radius 2 is 1.61 bits per heavy atom. The Morgan fingerprint density at radius 3 is 2.30 bits per heavy atom. The average Bonchev–Trinajstić information content (AvgIpc) is 2.53. The van der Waals surface area contributed by atoms with Gasteiger partial charge in [-0.1, -0.05) is 25.1 Å². The molecule has 0 saturated carbocycles. The third-order valence-corrected chi connectivity index (χ3v) is 3.51. The molecule has 3 heteroatoms. The minimum atomic E-state index is 0.188. The highest BCUT2D eigenvalue weighted by Gasteiger charge is 2.03. The first-order valence-corrected chi connectivity index (χ1v) is 8.33. The standard InChI is InChI=1S/C20H27NO2/c1-5-16(4)23-20-11-7-9-18(13-20)21-14-17-8-6-10-19(12-17)22-15(2)3/h6-13,15-16,21H,5,14H2,1-4H3. The molecule has 23 heavy (non-hydrogen) atoms. The zero-order valence-corrected chi connectivity index (χ0v) is 14.5. The second-order valence-electron chi connectivity index (χ2n) is 6.03. The van der Waals surface area contributed by atoms with E-state index in [-0.39, 0.29) is 12.2 Å². The molecule has 1 atom stereocenters. The van der Waals surface area contributed by atoms with Crippen LogP contribution in [0.5, 0.6) is 11.5 Å². The molecule has 0 fully saturated rings. The molecule has 3 nitrogen and oxygen atoms in total. The largest absolute Gasteiger partial charge is 0.491 e. The summed E-state index contributed by atoms with van der Waals surface area (Å²) >= 11 is 0. The fraction of sp³-hybridized carbons (Fsp3) is 0.400. The van der Waals surface area contributed by atoms with Gasteiger partial charge in [0.25, 0.3) is 0 Å². The van der Waals surface area contributed by atoms with E-state index in [1.165, 1.54) is 5.56 Å². The Hall–Kier alpha value is -2.16. The lowest BCUT2D eigenvalue weighted by Crippen LogP contribution is -2.10. The van der Waals surface area contributed by atoms with Crippen molar-refractivity contribution in [2.75, 3.05) is 5.32 Å². The van der Waals surface area contributed by atoms with Crippen LogP contribution in [0.4, 0.5) is 5.69 Å². The van der Waals surface area contributed by atoms with Crippen LogP contribution in [-0.4, -0.2) is 12.2 Å². The molecule has 0 bridgehead atoms. The highest BCUT2D eigenvalue weighted by Crippen LogP contribution is 2.21. The number of hydrogen-bond donors (Lipinski definition) is 1. The van der Waals surface area contributed by atoms with Crippen LogP contribution in [0.25, 0.3) is 0 Å². The molecule has 0 aromatic heterocycles. The minimum Gasteiger partial charge on any atom is -0.491 e. The van der Waals surface area contributed by atoms with E-state index in [2.05, 4.69) is 37.4 Å². The Bertz CT molecular complexity index is 610. The fourth-order valence-corrected chi connectivity index (χ4v) is 2.20. The number of hydrogen-bond acceptors (Lipinski definition) is 3. The second-order valence-corrected chi connectivity index (χ2v) is 6.03. The average molecular weight is 313 g/mol. The van der Waals surface area contributed by atoms with E-state index in [0.717, 1.165) is 30.2 Å². The smallest absolute Gasteiger partial charge is 0.121 e. The third-order valence-electron chi connectivity index (χ3n) is 3.51. The van der Waals surface area contributed by atoms with Gasteiger partial charge in [-0.2, -0.15) is 0 Å². The molecule has 1 unspecified atom stereocenters. The minimum absolute atomic E-state index is 0.188. The summed E-state index contributed by atoms with van der Waals surface area (Å²) in [5.74, 6) is 1.81. The molecular formula is C20H27NO2. The van der Waals surface area contributed by atoms with Crippen molar-refractivity contribution in [1.82, 2.24) is 0 Å². The summed E-state index contributed by atoms with van der Waals surface area (Å²) in [5, 5.41) is 3.44. The SMILES string of the molecule is CCC(C)Oc1cccc(NCc2cccc(OC(C)C)c2)c1. The highest BCUT2D eigenvalue weighted by atomic mass is 16.5. The Kier molecular flexibility index (Phi) is 6.33. The Morgan fingerprint density at radius 1 is 0.913 bits per heavy atom. The molecule has 2 rings (SSSR count). The van der Waals surface area contributed by atoms with Crippen LogP contribution in [-0.2, 0) is 6.54 Å². The Labute approximate surface area is 139 Å². The van der Waals surface area contributed by atoms with Gasteiger partial charge in [0.15, 0.2) is 0 Å². The Balaban J connectivity index is 1.96. The van der Waals surface area contributed by atoms with Crippen LogP contribution in [0.1, 0.15) is 39.7 Å². The van der Waals surface area contributed by atoms with Crippen LogP contribution in [0.2, 0.25) is 0 Å². The van der Waals surface area contributed by atoms with E-state index in [4.69, 9.17) is 9.47 Å². The number of rotatable bonds is 8. The lowest BCUT2D eigenvalue weighted by molar-refractivity contribution is 0.217. The van der Waals surface area contributed by atoms with Gasteiger partial charge in [0.2, 0.25) is 0 Å². The topological polar surface area (TPSA) is 30.5 Å². The molecule has 1 N–H and O–H groups in total. The van der Waals surface area contributed by atoms with Crippen molar-refractivity contribution in [2.24, 2.45) is 0 Å². The molecule has 0 aliphatic rings. The van der Waals surface area contributed by atoms with Crippen LogP contribution in [0.3, 0.4) is 0 Å². The molecule has 0 amide bonds. The highest BCUT2D eigenvalue weighted by molar-refractivity contribution is 5.48. The maximum atomic E-state index is 5.86. The van der Waals surface area contributed by atoms with Gasteiger partial charge < -0.3 is 14.8 Å². The normalized spacial score (nSPS) is 12.0. The predicted octanol–water partition coefficient (Wildman–Crippen LogP) is 5.26. The van der Waals surface area contributed by atoms with Crippen LogP contribution >= 0.6 is 0 Å². The van der Waals surface area contributed by atoms with Gasteiger partial charge in [-0.3, -0.25) is 0 Å². The van der Waals surface area contributed by atoms with Crippen molar-refractivity contribution in [3.63, 3.8) is 0 Å². The molecule has 0 aliphatic heterocycles. The first-order valence-electron chi connectivity index (χ1n) is 8.33. The summed E-state index contributed by atoms with van der Waals surface area (Å²) in [7, 11) is 0. The summed E-state index contributed by atoms with van der Waals surface area (Å²) in [6, 6.07) is 16.3.